The van der Waals surface area contributed by atoms with Gasteiger partial charge in [-0.25, -0.2) is 9.18 Å². The zero-order chi connectivity index (χ0) is 20.9. The zero-order valence-electron chi connectivity index (χ0n) is 14.5. The molecule has 5 nitrogen and oxygen atoms in total. The van der Waals surface area contributed by atoms with Gasteiger partial charge in [0.15, 0.2) is 0 Å². The molecule has 0 aliphatic heterocycles. The van der Waals surface area contributed by atoms with Crippen LogP contribution >= 0.6 is 0 Å². The van der Waals surface area contributed by atoms with Crippen molar-refractivity contribution in [2.75, 3.05) is 0 Å². The molecule has 0 spiro atoms. The van der Waals surface area contributed by atoms with E-state index in [1.165, 1.54) is 30.3 Å². The number of H-pyrrole nitrogens is 1. The molecule has 1 heterocycles. The highest BCUT2D eigenvalue weighted by atomic mass is 19.4. The summed E-state index contributed by atoms with van der Waals surface area (Å²) in [4.78, 5) is 14.8. The maximum Gasteiger partial charge on any atom is 0.416 e. The first kappa shape index (κ1) is 18.6. The molecule has 1 aromatic heterocycles. The molecule has 3 aromatic carbocycles. The largest absolute Gasteiger partial charge is 0.507 e. The molecular weight excluding hydrogens is 392 g/mol. The minimum atomic E-state index is -4.58. The second-order valence-corrected chi connectivity index (χ2v) is 6.36. The third kappa shape index (κ3) is 3.20. The number of rotatable bonds is 2. The second kappa shape index (κ2) is 6.40. The molecule has 0 saturated heterocycles. The van der Waals surface area contributed by atoms with E-state index in [-0.39, 0.29) is 28.0 Å². The number of hydrogen-bond donors (Lipinski definition) is 3. The first-order valence-electron chi connectivity index (χ1n) is 8.29. The van der Waals surface area contributed by atoms with Gasteiger partial charge in [-0.15, -0.1) is 0 Å². The lowest BCUT2D eigenvalue weighted by atomic mass is 10.0. The lowest BCUT2D eigenvalue weighted by Crippen LogP contribution is -2.14. The van der Waals surface area contributed by atoms with Crippen molar-refractivity contribution < 1.29 is 27.8 Å². The Morgan fingerprint density at radius 3 is 2.24 bits per heavy atom. The van der Waals surface area contributed by atoms with Crippen molar-refractivity contribution in [3.05, 3.63) is 76.5 Å². The van der Waals surface area contributed by atoms with Crippen molar-refractivity contribution in [3.8, 4) is 28.3 Å². The number of aromatic nitrogens is 2. The number of fused-ring (bicyclic) bond motifs is 1. The summed E-state index contributed by atoms with van der Waals surface area (Å²) < 4.78 is 53.0. The molecule has 0 amide bonds. The van der Waals surface area contributed by atoms with Crippen LogP contribution in [0.25, 0.3) is 27.8 Å². The molecule has 0 aliphatic carbocycles. The lowest BCUT2D eigenvalue weighted by Gasteiger charge is -2.12. The summed E-state index contributed by atoms with van der Waals surface area (Å²) in [5.74, 6) is -1.26. The molecule has 0 atom stereocenters. The van der Waals surface area contributed by atoms with Crippen molar-refractivity contribution in [2.45, 2.75) is 6.18 Å². The van der Waals surface area contributed by atoms with Crippen LogP contribution in [0, 0.1) is 5.82 Å². The molecule has 4 aromatic rings. The highest BCUT2D eigenvalue weighted by Crippen LogP contribution is 2.38. The number of nitrogens with zero attached hydrogens (tertiary/aromatic N) is 1. The summed E-state index contributed by atoms with van der Waals surface area (Å²) in [6.45, 7) is 0. The Morgan fingerprint density at radius 1 is 0.897 bits per heavy atom. The summed E-state index contributed by atoms with van der Waals surface area (Å²) in [5, 5.41) is 20.4. The maximum atomic E-state index is 13.2. The van der Waals surface area contributed by atoms with Crippen molar-refractivity contribution in [2.24, 2.45) is 0 Å². The monoisotopic (exact) mass is 404 g/mol. The van der Waals surface area contributed by atoms with E-state index >= 15 is 0 Å². The predicted octanol–water partition coefficient (Wildman–Crippen LogP) is 4.55. The number of hydrogen-bond acceptors (Lipinski definition) is 3. The minimum Gasteiger partial charge on any atom is -0.507 e. The molecule has 148 valence electrons. The SMILES string of the molecule is O=c1[nH]c2cc(C(F)(F)F)ccc2n1-c1cc(-c2ccc(F)cc2)c(O)cc1O. The fourth-order valence-corrected chi connectivity index (χ4v) is 3.13. The van der Waals surface area contributed by atoms with Crippen LogP contribution in [0.15, 0.2) is 59.4 Å². The molecule has 0 fully saturated rings. The van der Waals surface area contributed by atoms with Gasteiger partial charge < -0.3 is 15.2 Å². The van der Waals surface area contributed by atoms with Gasteiger partial charge >= 0.3 is 11.9 Å². The van der Waals surface area contributed by atoms with E-state index in [1.807, 2.05) is 0 Å². The molecule has 3 N–H and O–H groups in total. The fourth-order valence-electron chi connectivity index (χ4n) is 3.13. The van der Waals surface area contributed by atoms with Crippen LogP contribution in [0.2, 0.25) is 0 Å². The van der Waals surface area contributed by atoms with Crippen LogP contribution in [-0.2, 0) is 6.18 Å². The van der Waals surface area contributed by atoms with Gasteiger partial charge in [-0.1, -0.05) is 12.1 Å². The number of imidazole rings is 1. The van der Waals surface area contributed by atoms with Crippen LogP contribution in [0.4, 0.5) is 17.6 Å². The van der Waals surface area contributed by atoms with Gasteiger partial charge in [-0.3, -0.25) is 4.57 Å². The number of benzene rings is 3. The summed E-state index contributed by atoms with van der Waals surface area (Å²) in [5.41, 5.74) is -1.11. The van der Waals surface area contributed by atoms with Gasteiger partial charge in [-0.2, -0.15) is 13.2 Å². The van der Waals surface area contributed by atoms with Gasteiger partial charge in [0.05, 0.1) is 22.3 Å². The number of alkyl halides is 3. The van der Waals surface area contributed by atoms with E-state index in [0.29, 0.717) is 5.56 Å². The number of aromatic amines is 1. The van der Waals surface area contributed by atoms with E-state index < -0.39 is 29.0 Å². The average molecular weight is 404 g/mol. The Morgan fingerprint density at radius 2 is 1.59 bits per heavy atom. The van der Waals surface area contributed by atoms with Crippen LogP contribution in [0.3, 0.4) is 0 Å². The Kier molecular flexibility index (Phi) is 4.11. The van der Waals surface area contributed by atoms with Crippen molar-refractivity contribution in [1.82, 2.24) is 9.55 Å². The molecule has 29 heavy (non-hydrogen) atoms. The lowest BCUT2D eigenvalue weighted by molar-refractivity contribution is -0.137. The minimum absolute atomic E-state index is 0.0573. The first-order valence-corrected chi connectivity index (χ1v) is 8.29. The number of nitrogens with one attached hydrogen (secondary N) is 1. The molecule has 0 aliphatic rings. The molecular formula is C20H12F4N2O3. The van der Waals surface area contributed by atoms with Gasteiger partial charge in [0.2, 0.25) is 0 Å². The molecule has 4 rings (SSSR count). The number of halogens is 4. The van der Waals surface area contributed by atoms with Gasteiger partial charge in [0.25, 0.3) is 0 Å². The van der Waals surface area contributed by atoms with E-state index in [0.717, 1.165) is 28.8 Å². The van der Waals surface area contributed by atoms with Crippen LogP contribution in [0.1, 0.15) is 5.56 Å². The number of aromatic hydroxyl groups is 2. The fraction of sp³-hybridized carbons (Fsp3) is 0.0500. The second-order valence-electron chi connectivity index (χ2n) is 6.36. The van der Waals surface area contributed by atoms with Crippen molar-refractivity contribution >= 4 is 11.0 Å². The normalized spacial score (nSPS) is 11.9. The van der Waals surface area contributed by atoms with Gasteiger partial charge in [0.1, 0.15) is 17.3 Å². The standard InChI is InChI=1S/C20H12F4N2O3/c21-12-4-1-10(2-5-12)13-8-16(18(28)9-17(13)27)26-15-6-3-11(20(22,23)24)7-14(15)25-19(26)29/h1-9,27-28H,(H,25,29). The number of phenolic OH excluding ortho intramolecular Hbond substituents is 2. The first-order chi connectivity index (χ1) is 13.6. The zero-order valence-corrected chi connectivity index (χ0v) is 14.5. The molecule has 0 radical (unpaired) electrons. The summed E-state index contributed by atoms with van der Waals surface area (Å²) >= 11 is 0. The van der Waals surface area contributed by atoms with Crippen LogP contribution in [-0.4, -0.2) is 19.8 Å². The quantitative estimate of drug-likeness (QED) is 0.429. The van der Waals surface area contributed by atoms with Crippen molar-refractivity contribution in [1.29, 1.82) is 0 Å². The predicted molar refractivity (Wildman–Crippen MR) is 97.6 cm³/mol. The van der Waals surface area contributed by atoms with Crippen LogP contribution in [0.5, 0.6) is 11.5 Å². The Bertz CT molecular complexity index is 1290. The van der Waals surface area contributed by atoms with E-state index in [2.05, 4.69) is 4.98 Å². The maximum absolute atomic E-state index is 13.2. The van der Waals surface area contributed by atoms with E-state index in [4.69, 9.17) is 0 Å². The molecule has 0 saturated carbocycles. The third-order valence-electron chi connectivity index (χ3n) is 4.50. The van der Waals surface area contributed by atoms with Gasteiger partial charge in [0, 0.05) is 11.6 Å². The molecule has 9 heteroatoms. The molecule has 0 bridgehead atoms. The van der Waals surface area contributed by atoms with E-state index in [1.54, 1.807) is 0 Å². The molecule has 0 unspecified atom stereocenters. The van der Waals surface area contributed by atoms with Crippen molar-refractivity contribution in [3.63, 3.8) is 0 Å². The number of phenols is 2. The summed E-state index contributed by atoms with van der Waals surface area (Å²) in [7, 11) is 0. The topological polar surface area (TPSA) is 78.2 Å². The Hall–Kier alpha value is -3.75. The average Bonchev–Trinajstić information content (AvgIpc) is 2.97. The van der Waals surface area contributed by atoms with E-state index in [9.17, 15) is 32.6 Å². The highest BCUT2D eigenvalue weighted by Gasteiger charge is 2.31. The van der Waals surface area contributed by atoms with Gasteiger partial charge in [-0.05, 0) is 42.0 Å². The highest BCUT2D eigenvalue weighted by molar-refractivity contribution is 5.81. The third-order valence-corrected chi connectivity index (χ3v) is 4.50. The summed E-state index contributed by atoms with van der Waals surface area (Å²) in [6, 6.07) is 10.2. The Balaban J connectivity index is 1.94. The Labute approximate surface area is 160 Å². The summed E-state index contributed by atoms with van der Waals surface area (Å²) in [6.07, 6.45) is -4.58. The van der Waals surface area contributed by atoms with Crippen LogP contribution < -0.4 is 5.69 Å². The smallest absolute Gasteiger partial charge is 0.416 e.